The number of nitrogens with one attached hydrogen (secondary N) is 1. The molecular weight excluding hydrogens is 1510 g/mol. The Morgan fingerprint density at radius 2 is 0.761 bits per heavy atom. The van der Waals surface area contributed by atoms with Crippen molar-refractivity contribution in [2.24, 2.45) is 5.84 Å². The predicted octanol–water partition coefficient (Wildman–Crippen LogP) is 13.3. The molecule has 0 amide bonds. The number of carbonyl (C=O) groups excluding carboxylic acids is 5. The third-order valence-electron chi connectivity index (χ3n) is 14.5. The zero-order valence-electron chi connectivity index (χ0n) is 60.2. The zero-order chi connectivity index (χ0) is 78.0. The Hall–Kier alpha value is -12.2. The molecule has 0 fully saturated rings. The van der Waals surface area contributed by atoms with E-state index in [1.54, 1.807) is 91.7 Å². The highest BCUT2D eigenvalue weighted by Gasteiger charge is 2.23. The number of anilines is 1. The van der Waals surface area contributed by atoms with E-state index < -0.39 is 35.6 Å². The topological polar surface area (TPSA) is 408 Å². The van der Waals surface area contributed by atoms with E-state index in [-0.39, 0.29) is 43.3 Å². The average Bonchev–Trinajstić information content (AvgIpc) is 1.66. The summed E-state index contributed by atoms with van der Waals surface area (Å²) in [6, 6.07) is 34.6. The summed E-state index contributed by atoms with van der Waals surface area (Å²) >= 11 is 7.24. The first-order chi connectivity index (χ1) is 51.8. The van der Waals surface area contributed by atoms with Crippen molar-refractivity contribution in [3.8, 4) is 49.3 Å². The number of nitrogen functional groups attached to an aromatic ring is 1. The summed E-state index contributed by atoms with van der Waals surface area (Å²) in [5, 5.41) is 38.3. The monoisotopic (exact) mass is 1580 g/mol. The number of hydrogen-bond donors (Lipinski definition) is 4. The Kier molecular flexibility index (Phi) is 28.7. The number of carboxylic acids is 2. The van der Waals surface area contributed by atoms with Crippen LogP contribution in [0.2, 0.25) is 0 Å². The number of thiazole rings is 5. The van der Waals surface area contributed by atoms with Crippen molar-refractivity contribution in [2.45, 2.75) is 69.2 Å². The van der Waals surface area contributed by atoms with Crippen molar-refractivity contribution in [1.29, 1.82) is 0 Å². The number of fused-ring (bicyclic) bond motifs is 5. The molecule has 0 unspecified atom stereocenters. The van der Waals surface area contributed by atoms with E-state index in [1.807, 2.05) is 105 Å². The lowest BCUT2D eigenvalue weighted by Crippen LogP contribution is -2.19. The molecule has 14 aromatic rings. The van der Waals surface area contributed by atoms with Crippen LogP contribution in [0, 0.1) is 27.7 Å². The van der Waals surface area contributed by atoms with Crippen LogP contribution in [0.4, 0.5) is 5.13 Å². The molecule has 570 valence electrons. The predicted molar refractivity (Wildman–Crippen MR) is 416 cm³/mol. The zero-order valence-corrected chi connectivity index (χ0v) is 64.3. The molecule has 109 heavy (non-hydrogen) atoms. The molecule has 0 aliphatic rings. The number of benzene rings is 5. The number of esters is 3. The van der Waals surface area contributed by atoms with E-state index in [0.29, 0.717) is 50.3 Å². The second-order valence-corrected chi connectivity index (χ2v) is 27.3. The Balaban J connectivity index is 0.000000167. The van der Waals surface area contributed by atoms with Crippen molar-refractivity contribution in [3.63, 3.8) is 0 Å². The molecule has 0 aliphatic heterocycles. The van der Waals surface area contributed by atoms with Gasteiger partial charge in [0.15, 0.2) is 27.9 Å². The van der Waals surface area contributed by atoms with Gasteiger partial charge in [0.05, 0.1) is 124 Å². The van der Waals surface area contributed by atoms with Gasteiger partial charge in [-0.25, -0.2) is 64.1 Å². The number of aromatic carboxylic acids is 2. The Labute approximate surface area is 642 Å². The van der Waals surface area contributed by atoms with Gasteiger partial charge >= 0.3 is 29.8 Å². The number of methoxy groups -OCH3 is 5. The van der Waals surface area contributed by atoms with Gasteiger partial charge in [-0.15, -0.1) is 0 Å². The highest BCUT2D eigenvalue weighted by atomic mass is 32.1. The van der Waals surface area contributed by atoms with Gasteiger partial charge < -0.3 is 48.1 Å². The Bertz CT molecular complexity index is 5590. The summed E-state index contributed by atoms with van der Waals surface area (Å²) < 4.78 is 51.3. The van der Waals surface area contributed by atoms with Gasteiger partial charge in [-0.2, -0.15) is 29.8 Å². The van der Waals surface area contributed by atoms with Crippen LogP contribution in [0.5, 0.6) is 28.7 Å². The minimum atomic E-state index is -1.05. The number of hydrogen-bond acceptors (Lipinski definition) is 31. The molecule has 5 aromatic carbocycles. The normalized spacial score (nSPS) is 10.5. The molecule has 0 spiro atoms. The molecule has 14 rings (SSSR count). The number of carboxylic acid groups (broad SMARTS) is 2. The Morgan fingerprint density at radius 1 is 0.422 bits per heavy atom. The van der Waals surface area contributed by atoms with E-state index in [2.05, 4.69) is 55.5 Å². The number of aromatic nitrogens is 13. The van der Waals surface area contributed by atoms with Crippen LogP contribution in [0.25, 0.3) is 71.6 Å². The van der Waals surface area contributed by atoms with E-state index in [4.69, 9.17) is 44.1 Å². The van der Waals surface area contributed by atoms with Gasteiger partial charge in [0, 0.05) is 11.4 Å². The van der Waals surface area contributed by atoms with Crippen molar-refractivity contribution >= 4 is 154 Å². The molecule has 32 nitrogen and oxygen atoms in total. The van der Waals surface area contributed by atoms with Gasteiger partial charge in [0.25, 0.3) is 0 Å². The number of nitrogens with two attached hydrogens (primary N) is 1. The number of aryl methyl sites for hydroxylation is 4. The van der Waals surface area contributed by atoms with Crippen LogP contribution in [0.3, 0.4) is 0 Å². The van der Waals surface area contributed by atoms with Crippen molar-refractivity contribution in [2.75, 3.05) is 60.8 Å². The Morgan fingerprint density at radius 3 is 1.11 bits per heavy atom. The SMILES string of the molecule is C.CCOC(=O)C(=O)CC(C)=O.CCOC(=O)c1cc(C)n(-c2nc3ccc(OC)cc3s2)n1.CCOC(=O)c1cc(C)nn1-c1nc2ccc(OC)cc2s1.COc1ccc2nc(-n3nc(C(=O)O)cc3C)sc2c1.COc1ccc2nc(-n3nc(C)cc3C(=O)O)sc2c1.COc1ccc2nc(NN)sc2c1. The molecule has 37 heteroatoms. The molecule has 9 aromatic heterocycles. The lowest BCUT2D eigenvalue weighted by molar-refractivity contribution is -0.154. The lowest BCUT2D eigenvalue weighted by atomic mass is 10.2. The van der Waals surface area contributed by atoms with E-state index in [9.17, 15) is 38.7 Å². The number of Topliss-reactive ketones (excluding diaryl/α,β-unsaturated/α-hetero) is 2. The third kappa shape index (κ3) is 20.7. The molecule has 9 heterocycles. The third-order valence-corrected chi connectivity index (χ3v) is 19.5. The second-order valence-electron chi connectivity index (χ2n) is 22.2. The molecule has 0 saturated heterocycles. The number of hydrazine groups is 1. The number of carbonyl (C=O) groups is 7. The summed E-state index contributed by atoms with van der Waals surface area (Å²) in [6.45, 7) is 14.4. The van der Waals surface area contributed by atoms with E-state index in [0.717, 1.165) is 96.9 Å². The minimum Gasteiger partial charge on any atom is -0.497 e. The molecule has 5 N–H and O–H groups in total. The lowest BCUT2D eigenvalue weighted by Gasteiger charge is -2.02. The summed E-state index contributed by atoms with van der Waals surface area (Å²) in [5.41, 5.74) is 10.5. The summed E-state index contributed by atoms with van der Waals surface area (Å²) in [4.78, 5) is 99.7. The van der Waals surface area contributed by atoms with E-state index in [1.165, 1.54) is 85.1 Å². The molecule has 0 atom stereocenters. The van der Waals surface area contributed by atoms with Crippen LogP contribution in [-0.2, 0) is 28.6 Å². The fourth-order valence-corrected chi connectivity index (χ4v) is 14.3. The molecular formula is C72H75N15O17S5. The summed E-state index contributed by atoms with van der Waals surface area (Å²) in [6.07, 6.45) is -0.362. The molecule has 0 aliphatic carbocycles. The summed E-state index contributed by atoms with van der Waals surface area (Å²) in [5.74, 6) is 4.20. The number of rotatable bonds is 20. The first-order valence-corrected chi connectivity index (χ1v) is 36.4. The highest BCUT2D eigenvalue weighted by Crippen LogP contribution is 2.34. The first kappa shape index (κ1) is 82.5. The minimum absolute atomic E-state index is 0. The fourth-order valence-electron chi connectivity index (χ4n) is 9.58. The van der Waals surface area contributed by atoms with Gasteiger partial charge in [0.2, 0.25) is 26.3 Å². The second kappa shape index (κ2) is 37.9. The quantitative estimate of drug-likeness (QED) is 0.0137. The molecule has 0 saturated carbocycles. The average molecular weight is 1580 g/mol. The first-order valence-electron chi connectivity index (χ1n) is 32.3. The fraction of sp³-hybridized carbons (Fsp3) is 0.250. The largest absolute Gasteiger partial charge is 0.497 e. The number of ether oxygens (including phenoxy) is 8. The van der Waals surface area contributed by atoms with Crippen LogP contribution in [-0.4, -0.2) is 171 Å². The number of ketones is 2. The van der Waals surface area contributed by atoms with Gasteiger partial charge in [-0.05, 0) is 171 Å². The maximum Gasteiger partial charge on any atom is 0.375 e. The summed E-state index contributed by atoms with van der Waals surface area (Å²) in [7, 11) is 8.11. The maximum atomic E-state index is 12.0. The van der Waals surface area contributed by atoms with Crippen LogP contribution in [0.1, 0.15) is 106 Å². The number of nitrogens with zero attached hydrogens (tertiary/aromatic N) is 13. The standard InChI is InChI=1S/2C15H15N3O3S.2C13H11N3O3S.C8H9N3OS.C7H10O4.CH4/c1-4-21-14(19)12-7-9(2)18(17-12)15-16-11-6-5-10(20-3)8-13(11)22-15;1-4-21-14(19)12-7-9(2)17-18(12)15-16-11-6-5-10(20-3)8-13(11)22-15;1-7-5-10(12(17)18)15-16(7)13-14-9-4-3-8(19-2)6-11(9)20-13;1-7-5-10(12(17)18)16(15-7)13-14-9-4-3-8(19-2)6-11(9)20-13;1-12-5-2-3-6-7(4-5)13-8(10-6)11-9;1-3-11-7(10)6(9)4-5(2)8;/h2*5-8H,4H2,1-3H3;2*3-6H,1-2H3,(H,17,18);2-4H,9H2,1H3,(H,10,11);3-4H2,1-2H3;1H4. The molecule has 0 radical (unpaired) electrons. The van der Waals surface area contributed by atoms with Gasteiger partial charge in [-0.3, -0.25) is 15.0 Å². The van der Waals surface area contributed by atoms with Crippen molar-refractivity contribution < 1.29 is 81.7 Å². The van der Waals surface area contributed by atoms with Gasteiger partial charge in [0.1, 0.15) is 34.5 Å². The van der Waals surface area contributed by atoms with Crippen molar-refractivity contribution in [1.82, 2.24) is 64.0 Å². The smallest absolute Gasteiger partial charge is 0.375 e. The van der Waals surface area contributed by atoms with Crippen LogP contribution in [0.15, 0.2) is 115 Å². The van der Waals surface area contributed by atoms with Crippen LogP contribution >= 0.6 is 56.7 Å². The van der Waals surface area contributed by atoms with E-state index >= 15 is 0 Å². The van der Waals surface area contributed by atoms with Crippen LogP contribution < -0.4 is 35.0 Å². The van der Waals surface area contributed by atoms with Crippen molar-refractivity contribution in [3.05, 3.63) is 161 Å². The van der Waals surface area contributed by atoms with Gasteiger partial charge in [-0.1, -0.05) is 64.1 Å². The highest BCUT2D eigenvalue weighted by molar-refractivity contribution is 7.22. The molecule has 0 bridgehead atoms. The maximum absolute atomic E-state index is 12.0.